The van der Waals surface area contributed by atoms with Gasteiger partial charge in [-0.2, -0.15) is 0 Å². The van der Waals surface area contributed by atoms with Gasteiger partial charge < -0.3 is 15.3 Å². The van der Waals surface area contributed by atoms with Gasteiger partial charge in [0.25, 0.3) is 0 Å². The number of aliphatic hydroxyl groups excluding tert-OH is 1. The number of likely N-dealkylation sites (tertiary alicyclic amines) is 1. The number of hydrogen-bond donors (Lipinski definition) is 2. The topological polar surface area (TPSA) is 52.6 Å². The van der Waals surface area contributed by atoms with Crippen LogP contribution >= 0.6 is 0 Å². The molecule has 3 aliphatic rings. The number of aliphatic hydroxyl groups is 1. The van der Waals surface area contributed by atoms with Crippen molar-refractivity contribution in [1.82, 2.24) is 10.2 Å². The van der Waals surface area contributed by atoms with E-state index in [1.54, 1.807) is 0 Å². The summed E-state index contributed by atoms with van der Waals surface area (Å²) in [4.78, 5) is 14.3. The normalized spacial score (nSPS) is 37.7. The maximum atomic E-state index is 12.2. The molecule has 2 saturated heterocycles. The van der Waals surface area contributed by atoms with Gasteiger partial charge in [0.2, 0.25) is 5.91 Å². The summed E-state index contributed by atoms with van der Waals surface area (Å²) in [5, 5.41) is 12.9. The Morgan fingerprint density at radius 3 is 2.82 bits per heavy atom. The van der Waals surface area contributed by atoms with Gasteiger partial charge in [-0.05, 0) is 18.8 Å². The number of carbonyl (C=O) groups excluding carboxylic acids is 1. The van der Waals surface area contributed by atoms with Crippen LogP contribution in [0.2, 0.25) is 0 Å². The highest BCUT2D eigenvalue weighted by Crippen LogP contribution is 2.46. The third-order valence-corrected chi connectivity index (χ3v) is 5.05. The van der Waals surface area contributed by atoms with E-state index in [4.69, 9.17) is 0 Å². The van der Waals surface area contributed by atoms with Crippen molar-refractivity contribution in [2.45, 2.75) is 25.7 Å². The van der Waals surface area contributed by atoms with Crippen molar-refractivity contribution in [3.8, 4) is 0 Å². The second kappa shape index (κ2) is 4.25. The molecule has 3 rings (SSSR count). The van der Waals surface area contributed by atoms with Gasteiger partial charge in [0.1, 0.15) is 0 Å². The van der Waals surface area contributed by atoms with E-state index in [1.165, 1.54) is 19.3 Å². The van der Waals surface area contributed by atoms with Crippen molar-refractivity contribution in [2.75, 3.05) is 32.8 Å². The Morgan fingerprint density at radius 2 is 2.24 bits per heavy atom. The Bertz CT molecular complexity index is 317. The molecule has 1 amide bonds. The van der Waals surface area contributed by atoms with Crippen LogP contribution in [-0.4, -0.2) is 48.7 Å². The fraction of sp³-hybridized carbons (Fsp3) is 0.923. The summed E-state index contributed by atoms with van der Waals surface area (Å²) in [7, 11) is 0. The lowest BCUT2D eigenvalue weighted by molar-refractivity contribution is -0.136. The summed E-state index contributed by atoms with van der Waals surface area (Å²) in [5.41, 5.74) is 0.0328. The molecule has 1 saturated carbocycles. The fourth-order valence-electron chi connectivity index (χ4n) is 3.73. The molecule has 1 aliphatic carbocycles. The Kier molecular flexibility index (Phi) is 2.87. The Labute approximate surface area is 102 Å². The van der Waals surface area contributed by atoms with Crippen LogP contribution in [0.4, 0.5) is 0 Å². The van der Waals surface area contributed by atoms with E-state index in [-0.39, 0.29) is 17.9 Å². The number of rotatable bonds is 2. The summed E-state index contributed by atoms with van der Waals surface area (Å²) < 4.78 is 0. The lowest BCUT2D eigenvalue weighted by Crippen LogP contribution is -2.52. The third-order valence-electron chi connectivity index (χ3n) is 5.05. The minimum atomic E-state index is 0.0328. The zero-order valence-electron chi connectivity index (χ0n) is 10.3. The van der Waals surface area contributed by atoms with Crippen molar-refractivity contribution in [3.63, 3.8) is 0 Å². The average Bonchev–Trinajstić information content (AvgIpc) is 2.66. The quantitative estimate of drug-likeness (QED) is 0.723. The summed E-state index contributed by atoms with van der Waals surface area (Å²) >= 11 is 0. The van der Waals surface area contributed by atoms with Crippen LogP contribution < -0.4 is 5.32 Å². The molecule has 0 spiro atoms. The molecule has 2 unspecified atom stereocenters. The van der Waals surface area contributed by atoms with E-state index < -0.39 is 0 Å². The zero-order valence-corrected chi connectivity index (χ0v) is 10.3. The second-order valence-corrected chi connectivity index (χ2v) is 6.04. The maximum absolute atomic E-state index is 12.2. The summed E-state index contributed by atoms with van der Waals surface area (Å²) in [6.45, 7) is 3.61. The van der Waals surface area contributed by atoms with Crippen molar-refractivity contribution in [3.05, 3.63) is 0 Å². The first kappa shape index (κ1) is 11.5. The van der Waals surface area contributed by atoms with E-state index in [2.05, 4.69) is 5.32 Å². The summed E-state index contributed by atoms with van der Waals surface area (Å²) in [6, 6.07) is 0. The van der Waals surface area contributed by atoms with Gasteiger partial charge in [0.15, 0.2) is 0 Å². The predicted octanol–water partition coefficient (Wildman–Crippen LogP) is 0.217. The lowest BCUT2D eigenvalue weighted by atomic mass is 9.69. The van der Waals surface area contributed by atoms with Crippen LogP contribution in [0.5, 0.6) is 0 Å². The minimum Gasteiger partial charge on any atom is -0.396 e. The molecule has 3 fully saturated rings. The molecule has 17 heavy (non-hydrogen) atoms. The van der Waals surface area contributed by atoms with Crippen LogP contribution in [-0.2, 0) is 4.79 Å². The van der Waals surface area contributed by atoms with Gasteiger partial charge in [0, 0.05) is 31.6 Å². The SMILES string of the molecule is O=C(C1CNC1)N1CC2CCCCC2(CO)C1. The molecular weight excluding hydrogens is 216 g/mol. The van der Waals surface area contributed by atoms with Gasteiger partial charge >= 0.3 is 0 Å². The molecule has 0 aromatic rings. The molecule has 2 aliphatic heterocycles. The molecule has 4 heteroatoms. The first-order valence-electron chi connectivity index (χ1n) is 6.85. The molecule has 0 aromatic heterocycles. The first-order chi connectivity index (χ1) is 8.25. The molecule has 0 bridgehead atoms. The standard InChI is InChI=1S/C13H22N2O2/c16-9-13-4-2-1-3-11(13)7-15(8-13)12(17)10-5-14-6-10/h10-11,14,16H,1-9H2. The van der Waals surface area contributed by atoms with E-state index >= 15 is 0 Å². The Morgan fingerprint density at radius 1 is 1.41 bits per heavy atom. The third kappa shape index (κ3) is 1.78. The summed E-state index contributed by atoms with van der Waals surface area (Å²) in [5.74, 6) is 1.05. The second-order valence-electron chi connectivity index (χ2n) is 6.04. The number of amides is 1. The molecule has 2 atom stereocenters. The number of fused-ring (bicyclic) bond motifs is 1. The highest BCUT2D eigenvalue weighted by molar-refractivity contribution is 5.80. The monoisotopic (exact) mass is 238 g/mol. The van der Waals surface area contributed by atoms with Gasteiger partial charge in [-0.1, -0.05) is 12.8 Å². The highest BCUT2D eigenvalue weighted by Gasteiger charge is 2.49. The van der Waals surface area contributed by atoms with Gasteiger partial charge in [-0.3, -0.25) is 4.79 Å². The Hall–Kier alpha value is -0.610. The van der Waals surface area contributed by atoms with E-state index in [0.717, 1.165) is 32.6 Å². The molecular formula is C13H22N2O2. The molecule has 2 N–H and O–H groups in total. The number of nitrogens with one attached hydrogen (secondary N) is 1. The maximum Gasteiger partial charge on any atom is 0.228 e. The molecule has 0 aromatic carbocycles. The van der Waals surface area contributed by atoms with E-state index in [1.807, 2.05) is 4.90 Å². The van der Waals surface area contributed by atoms with Crippen LogP contribution in [0.25, 0.3) is 0 Å². The minimum absolute atomic E-state index is 0.0328. The van der Waals surface area contributed by atoms with E-state index in [0.29, 0.717) is 11.8 Å². The van der Waals surface area contributed by atoms with Crippen molar-refractivity contribution in [1.29, 1.82) is 0 Å². The highest BCUT2D eigenvalue weighted by atomic mass is 16.3. The van der Waals surface area contributed by atoms with Crippen LogP contribution in [0.15, 0.2) is 0 Å². The van der Waals surface area contributed by atoms with E-state index in [9.17, 15) is 9.90 Å². The van der Waals surface area contributed by atoms with Crippen molar-refractivity contribution in [2.24, 2.45) is 17.3 Å². The fourth-order valence-corrected chi connectivity index (χ4v) is 3.73. The molecule has 96 valence electrons. The predicted molar refractivity (Wildman–Crippen MR) is 64.4 cm³/mol. The largest absolute Gasteiger partial charge is 0.396 e. The van der Waals surface area contributed by atoms with Crippen LogP contribution in [0, 0.1) is 17.3 Å². The first-order valence-corrected chi connectivity index (χ1v) is 6.85. The lowest BCUT2D eigenvalue weighted by Gasteiger charge is -2.36. The van der Waals surface area contributed by atoms with Crippen LogP contribution in [0.1, 0.15) is 25.7 Å². The Balaban J connectivity index is 1.71. The van der Waals surface area contributed by atoms with Crippen LogP contribution in [0.3, 0.4) is 0 Å². The smallest absolute Gasteiger partial charge is 0.228 e. The summed E-state index contributed by atoms with van der Waals surface area (Å²) in [6.07, 6.45) is 4.76. The molecule has 0 radical (unpaired) electrons. The number of nitrogens with zero attached hydrogens (tertiary/aromatic N) is 1. The number of carbonyl (C=O) groups is 1. The number of hydrogen-bond acceptors (Lipinski definition) is 3. The molecule has 2 heterocycles. The van der Waals surface area contributed by atoms with Gasteiger partial charge in [0.05, 0.1) is 12.5 Å². The zero-order chi connectivity index (χ0) is 11.9. The average molecular weight is 238 g/mol. The van der Waals surface area contributed by atoms with Gasteiger partial charge in [-0.25, -0.2) is 0 Å². The van der Waals surface area contributed by atoms with Crippen molar-refractivity contribution >= 4 is 5.91 Å². The van der Waals surface area contributed by atoms with Gasteiger partial charge in [-0.15, -0.1) is 0 Å². The van der Waals surface area contributed by atoms with Crippen molar-refractivity contribution < 1.29 is 9.90 Å². The molecule has 4 nitrogen and oxygen atoms in total.